The molecule has 2 rings (SSSR count). The number of carbonyl (C=O) groups excluding carboxylic acids is 1. The molecule has 0 amide bonds. The predicted molar refractivity (Wildman–Crippen MR) is 81.5 cm³/mol. The van der Waals surface area contributed by atoms with Gasteiger partial charge in [0, 0.05) is 5.03 Å². The molecule has 0 aliphatic heterocycles. The van der Waals surface area contributed by atoms with Crippen molar-refractivity contribution in [3.63, 3.8) is 0 Å². The molecule has 0 spiro atoms. The van der Waals surface area contributed by atoms with Gasteiger partial charge in [0.1, 0.15) is 17.2 Å². The van der Waals surface area contributed by atoms with Crippen molar-refractivity contribution in [2.75, 3.05) is 12.9 Å². The molecule has 0 saturated heterocycles. The quantitative estimate of drug-likeness (QED) is 0.475. The molecule has 0 aliphatic rings. The summed E-state index contributed by atoms with van der Waals surface area (Å²) in [4.78, 5) is 20.8. The second-order valence-corrected chi connectivity index (χ2v) is 5.42. The first-order valence-corrected chi connectivity index (χ1v) is 7.60. The zero-order valence-electron chi connectivity index (χ0n) is 11.6. The van der Waals surface area contributed by atoms with Crippen LogP contribution in [0.15, 0.2) is 39.5 Å². The van der Waals surface area contributed by atoms with E-state index in [4.69, 9.17) is 20.8 Å². The summed E-state index contributed by atoms with van der Waals surface area (Å²) < 4.78 is 10.3. The maximum absolute atomic E-state index is 12.1. The molecule has 2 aromatic rings. The molecule has 0 bridgehead atoms. The number of nitrogens with zero attached hydrogens (tertiary/aromatic N) is 2. The van der Waals surface area contributed by atoms with Crippen molar-refractivity contribution in [1.29, 1.82) is 0 Å². The monoisotopic (exact) mass is 324 g/mol. The fourth-order valence-electron chi connectivity index (χ4n) is 1.66. The molecular weight excluding hydrogens is 312 g/mol. The molecule has 0 saturated carbocycles. The zero-order valence-corrected chi connectivity index (χ0v) is 13.1. The average Bonchev–Trinajstić information content (AvgIpc) is 2.97. The highest BCUT2D eigenvalue weighted by Crippen LogP contribution is 2.25. The van der Waals surface area contributed by atoms with Crippen molar-refractivity contribution in [1.82, 2.24) is 9.97 Å². The Morgan fingerprint density at radius 2 is 2.29 bits per heavy atom. The summed E-state index contributed by atoms with van der Waals surface area (Å²) in [7, 11) is 0. The third kappa shape index (κ3) is 3.65. The van der Waals surface area contributed by atoms with Gasteiger partial charge in [0.05, 0.1) is 12.0 Å². The molecule has 0 radical (unpaired) electrons. The Balaban J connectivity index is 2.38. The molecule has 0 aromatic carbocycles. The number of hydrogen-bond donors (Lipinski definition) is 0. The minimum atomic E-state index is -0.523. The molecule has 21 heavy (non-hydrogen) atoms. The first kappa shape index (κ1) is 15.6. The number of carbonyl (C=O) groups is 1. The third-order valence-corrected chi connectivity index (χ3v) is 3.35. The topological polar surface area (TPSA) is 65.2 Å². The number of aryl methyl sites for hydroxylation is 1. The van der Waals surface area contributed by atoms with Gasteiger partial charge >= 0.3 is 5.97 Å². The van der Waals surface area contributed by atoms with Gasteiger partial charge in [-0.15, -0.1) is 11.8 Å². The minimum Gasteiger partial charge on any atom is -0.461 e. The van der Waals surface area contributed by atoms with Gasteiger partial charge in [-0.2, -0.15) is 0 Å². The van der Waals surface area contributed by atoms with Crippen LogP contribution < -0.4 is 0 Å². The Kier molecular flexibility index (Phi) is 5.03. The fourth-order valence-corrected chi connectivity index (χ4v) is 2.33. The lowest BCUT2D eigenvalue weighted by Gasteiger charge is -2.10. The molecule has 2 heterocycles. The van der Waals surface area contributed by atoms with Gasteiger partial charge in [0.15, 0.2) is 11.6 Å². The molecular formula is C14H13ClN2O3S. The first-order chi connectivity index (χ1) is 10.0. The van der Waals surface area contributed by atoms with Crippen LogP contribution in [0.2, 0.25) is 0 Å². The first-order valence-electron chi connectivity index (χ1n) is 5.99. The van der Waals surface area contributed by atoms with Crippen LogP contribution in [0.3, 0.4) is 0 Å². The van der Waals surface area contributed by atoms with Crippen LogP contribution in [0, 0.1) is 6.92 Å². The van der Waals surface area contributed by atoms with E-state index in [1.165, 1.54) is 11.8 Å². The van der Waals surface area contributed by atoms with E-state index in [0.29, 0.717) is 27.9 Å². The molecule has 2 aromatic heterocycles. The van der Waals surface area contributed by atoms with E-state index in [9.17, 15) is 4.79 Å². The van der Waals surface area contributed by atoms with E-state index in [0.717, 1.165) is 0 Å². The average molecular weight is 325 g/mol. The summed E-state index contributed by atoms with van der Waals surface area (Å²) in [5, 5.41) is 0.777. The van der Waals surface area contributed by atoms with E-state index >= 15 is 0 Å². The maximum Gasteiger partial charge on any atom is 0.343 e. The smallest absolute Gasteiger partial charge is 0.343 e. The maximum atomic E-state index is 12.1. The number of thioether (sulfide) groups is 1. The van der Waals surface area contributed by atoms with Crippen LogP contribution >= 0.6 is 23.4 Å². The number of esters is 1. The summed E-state index contributed by atoms with van der Waals surface area (Å²) in [5.74, 6) is 0.451. The van der Waals surface area contributed by atoms with Crippen molar-refractivity contribution in [2.45, 2.75) is 11.9 Å². The lowest BCUT2D eigenvalue weighted by molar-refractivity contribution is 0.0539. The second-order valence-electron chi connectivity index (χ2n) is 4.09. The van der Waals surface area contributed by atoms with Crippen LogP contribution in [0.1, 0.15) is 16.1 Å². The van der Waals surface area contributed by atoms with Gasteiger partial charge in [0.2, 0.25) is 0 Å². The van der Waals surface area contributed by atoms with E-state index < -0.39 is 5.97 Å². The molecule has 7 heteroatoms. The van der Waals surface area contributed by atoms with Crippen molar-refractivity contribution in [3.8, 4) is 11.6 Å². The highest BCUT2D eigenvalue weighted by molar-refractivity contribution is 7.98. The normalized spacial score (nSPS) is 10.4. The standard InChI is InChI=1S/C14H13ClN2O3S/c1-8(15)7-20-14(18)11-9(2)16-12(17-13(11)21-3)10-5-4-6-19-10/h4-6H,1,7H2,2-3H3. The van der Waals surface area contributed by atoms with E-state index in [1.807, 2.05) is 6.26 Å². The predicted octanol–water partition coefficient (Wildman–Crippen LogP) is 3.68. The minimum absolute atomic E-state index is 0.0480. The van der Waals surface area contributed by atoms with Crippen molar-refractivity contribution in [3.05, 3.63) is 41.3 Å². The molecule has 5 nitrogen and oxygen atoms in total. The molecule has 0 aliphatic carbocycles. The van der Waals surface area contributed by atoms with Crippen LogP contribution in [-0.2, 0) is 4.74 Å². The Bertz CT molecular complexity index is 671. The summed E-state index contributed by atoms with van der Waals surface area (Å²) in [6, 6.07) is 3.51. The molecule has 110 valence electrons. The van der Waals surface area contributed by atoms with Crippen LogP contribution in [0.5, 0.6) is 0 Å². The van der Waals surface area contributed by atoms with Gasteiger partial charge in [-0.05, 0) is 25.3 Å². The second kappa shape index (κ2) is 6.78. The largest absolute Gasteiger partial charge is 0.461 e. The number of ether oxygens (including phenoxy) is 1. The van der Waals surface area contributed by atoms with Gasteiger partial charge in [-0.25, -0.2) is 14.8 Å². The Labute approximate surface area is 131 Å². The van der Waals surface area contributed by atoms with Crippen LogP contribution in [-0.4, -0.2) is 28.8 Å². The number of aromatic nitrogens is 2. The Morgan fingerprint density at radius 1 is 1.52 bits per heavy atom. The van der Waals surface area contributed by atoms with Gasteiger partial charge < -0.3 is 9.15 Å². The zero-order chi connectivity index (χ0) is 15.4. The van der Waals surface area contributed by atoms with Crippen LogP contribution in [0.25, 0.3) is 11.6 Å². The number of rotatable bonds is 5. The van der Waals surface area contributed by atoms with E-state index in [2.05, 4.69) is 16.5 Å². The van der Waals surface area contributed by atoms with Gasteiger partial charge in [-0.1, -0.05) is 18.2 Å². The molecule has 0 unspecified atom stereocenters. The van der Waals surface area contributed by atoms with Crippen molar-refractivity contribution in [2.24, 2.45) is 0 Å². The molecule has 0 fully saturated rings. The van der Waals surface area contributed by atoms with Gasteiger partial charge in [-0.3, -0.25) is 0 Å². The van der Waals surface area contributed by atoms with Crippen LogP contribution in [0.4, 0.5) is 0 Å². The van der Waals surface area contributed by atoms with Crippen molar-refractivity contribution < 1.29 is 13.9 Å². The SMILES string of the molecule is C=C(Cl)COC(=O)c1c(C)nc(-c2ccco2)nc1SC. The lowest BCUT2D eigenvalue weighted by Crippen LogP contribution is -2.12. The third-order valence-electron chi connectivity index (χ3n) is 2.56. The number of hydrogen-bond acceptors (Lipinski definition) is 6. The van der Waals surface area contributed by atoms with E-state index in [-0.39, 0.29) is 11.6 Å². The summed E-state index contributed by atoms with van der Waals surface area (Å²) in [6.07, 6.45) is 3.37. The Hall–Kier alpha value is -1.79. The van der Waals surface area contributed by atoms with E-state index in [1.54, 1.807) is 25.3 Å². The highest BCUT2D eigenvalue weighted by atomic mass is 35.5. The Morgan fingerprint density at radius 3 is 2.86 bits per heavy atom. The lowest BCUT2D eigenvalue weighted by atomic mass is 10.2. The van der Waals surface area contributed by atoms with Gasteiger partial charge in [0.25, 0.3) is 0 Å². The fraction of sp³-hybridized carbons (Fsp3) is 0.214. The molecule has 0 atom stereocenters. The highest BCUT2D eigenvalue weighted by Gasteiger charge is 2.21. The number of furan rings is 1. The van der Waals surface area contributed by atoms with Crippen molar-refractivity contribution >= 4 is 29.3 Å². The number of halogens is 1. The summed E-state index contributed by atoms with van der Waals surface area (Å²) >= 11 is 6.93. The summed E-state index contributed by atoms with van der Waals surface area (Å²) in [5.41, 5.74) is 0.849. The summed E-state index contributed by atoms with van der Waals surface area (Å²) in [6.45, 7) is 5.15. The molecule has 0 N–H and O–H groups in total.